The first-order valence-electron chi connectivity index (χ1n) is 9.92. The molecule has 0 aliphatic carbocycles. The minimum absolute atomic E-state index is 0.0705. The summed E-state index contributed by atoms with van der Waals surface area (Å²) in [6.07, 6.45) is 3.12. The SMILES string of the molecule is COc1cc(Br)c(C(c2cnc3ccccc3c2)N2CCCNCC2)cc1OC. The van der Waals surface area contributed by atoms with Gasteiger partial charge in [0.25, 0.3) is 0 Å². The molecule has 1 aliphatic rings. The Labute approximate surface area is 180 Å². The molecule has 0 amide bonds. The molecule has 1 fully saturated rings. The van der Waals surface area contributed by atoms with Crippen LogP contribution in [0.1, 0.15) is 23.6 Å². The quantitative estimate of drug-likeness (QED) is 0.617. The van der Waals surface area contributed by atoms with Crippen LogP contribution >= 0.6 is 15.9 Å². The third kappa shape index (κ3) is 4.25. The van der Waals surface area contributed by atoms with Crippen molar-refractivity contribution in [2.24, 2.45) is 0 Å². The third-order valence-electron chi connectivity index (χ3n) is 5.46. The van der Waals surface area contributed by atoms with Gasteiger partial charge in [-0.2, -0.15) is 0 Å². The zero-order valence-electron chi connectivity index (χ0n) is 16.8. The maximum Gasteiger partial charge on any atom is 0.161 e. The average molecular weight is 456 g/mol. The lowest BCUT2D eigenvalue weighted by Gasteiger charge is -2.32. The summed E-state index contributed by atoms with van der Waals surface area (Å²) in [6, 6.07) is 14.7. The van der Waals surface area contributed by atoms with E-state index in [0.717, 1.165) is 65.0 Å². The summed E-state index contributed by atoms with van der Waals surface area (Å²) in [7, 11) is 3.34. The number of pyridine rings is 1. The number of halogens is 1. The van der Waals surface area contributed by atoms with Gasteiger partial charge in [-0.1, -0.05) is 34.1 Å². The Balaban J connectivity index is 1.86. The van der Waals surface area contributed by atoms with Gasteiger partial charge in [-0.25, -0.2) is 0 Å². The Morgan fingerprint density at radius 2 is 1.83 bits per heavy atom. The van der Waals surface area contributed by atoms with Crippen LogP contribution in [0.15, 0.2) is 53.1 Å². The van der Waals surface area contributed by atoms with Gasteiger partial charge in [-0.05, 0) is 48.4 Å². The van der Waals surface area contributed by atoms with Crippen molar-refractivity contribution in [2.75, 3.05) is 40.4 Å². The van der Waals surface area contributed by atoms with E-state index in [0.29, 0.717) is 0 Å². The predicted molar refractivity (Wildman–Crippen MR) is 120 cm³/mol. The Morgan fingerprint density at radius 3 is 2.66 bits per heavy atom. The molecule has 1 atom stereocenters. The molecule has 29 heavy (non-hydrogen) atoms. The van der Waals surface area contributed by atoms with Crippen LogP contribution < -0.4 is 14.8 Å². The third-order valence-corrected chi connectivity index (χ3v) is 6.15. The van der Waals surface area contributed by atoms with Crippen LogP contribution in [0.25, 0.3) is 10.9 Å². The number of hydrogen-bond acceptors (Lipinski definition) is 5. The fourth-order valence-electron chi connectivity index (χ4n) is 4.03. The molecule has 3 aromatic rings. The number of para-hydroxylation sites is 1. The molecule has 2 aromatic carbocycles. The number of ether oxygens (including phenoxy) is 2. The van der Waals surface area contributed by atoms with E-state index in [1.54, 1.807) is 14.2 Å². The van der Waals surface area contributed by atoms with Crippen LogP contribution in [0, 0.1) is 0 Å². The second kappa shape index (κ2) is 9.11. The van der Waals surface area contributed by atoms with Crippen molar-refractivity contribution < 1.29 is 9.47 Å². The molecule has 1 aliphatic heterocycles. The predicted octanol–water partition coefficient (Wildman–Crippen LogP) is 4.40. The number of rotatable bonds is 5. The van der Waals surface area contributed by atoms with Gasteiger partial charge < -0.3 is 14.8 Å². The molecule has 152 valence electrons. The summed E-state index contributed by atoms with van der Waals surface area (Å²) in [6.45, 7) is 4.01. The zero-order chi connectivity index (χ0) is 20.2. The Hall–Kier alpha value is -2.15. The fraction of sp³-hybridized carbons (Fsp3) is 0.348. The van der Waals surface area contributed by atoms with E-state index in [4.69, 9.17) is 14.5 Å². The molecule has 0 radical (unpaired) electrons. The molecular formula is C23H26BrN3O2. The van der Waals surface area contributed by atoms with E-state index in [9.17, 15) is 0 Å². The van der Waals surface area contributed by atoms with Crippen molar-refractivity contribution in [3.05, 3.63) is 64.3 Å². The summed E-state index contributed by atoms with van der Waals surface area (Å²) >= 11 is 3.79. The fourth-order valence-corrected chi connectivity index (χ4v) is 4.57. The number of hydrogen-bond donors (Lipinski definition) is 1. The van der Waals surface area contributed by atoms with Crippen molar-refractivity contribution in [3.63, 3.8) is 0 Å². The van der Waals surface area contributed by atoms with E-state index < -0.39 is 0 Å². The highest BCUT2D eigenvalue weighted by molar-refractivity contribution is 9.10. The number of nitrogens with one attached hydrogen (secondary N) is 1. The number of methoxy groups -OCH3 is 2. The molecule has 6 heteroatoms. The van der Waals surface area contributed by atoms with Crippen molar-refractivity contribution in [2.45, 2.75) is 12.5 Å². The first-order valence-corrected chi connectivity index (χ1v) is 10.7. The number of fused-ring (bicyclic) bond motifs is 1. The molecular weight excluding hydrogens is 430 g/mol. The highest BCUT2D eigenvalue weighted by Gasteiger charge is 2.27. The van der Waals surface area contributed by atoms with Crippen molar-refractivity contribution in [1.29, 1.82) is 0 Å². The van der Waals surface area contributed by atoms with E-state index in [1.807, 2.05) is 18.3 Å². The smallest absolute Gasteiger partial charge is 0.161 e. The Kier molecular flexibility index (Phi) is 6.33. The van der Waals surface area contributed by atoms with Gasteiger partial charge in [0.1, 0.15) is 0 Å². The molecule has 1 unspecified atom stereocenters. The largest absolute Gasteiger partial charge is 0.493 e. The molecule has 0 bridgehead atoms. The summed E-state index contributed by atoms with van der Waals surface area (Å²) in [5, 5.41) is 4.66. The van der Waals surface area contributed by atoms with Crippen LogP contribution in [0.2, 0.25) is 0 Å². The lowest BCUT2D eigenvalue weighted by molar-refractivity contribution is 0.239. The van der Waals surface area contributed by atoms with Gasteiger partial charge in [-0.3, -0.25) is 9.88 Å². The molecule has 1 N–H and O–H groups in total. The number of benzene rings is 2. The molecule has 0 saturated carbocycles. The normalized spacial score (nSPS) is 16.4. The standard InChI is InChI=1S/C23H26BrN3O2/c1-28-21-13-18(19(24)14-22(21)29-2)23(27-10-5-8-25-9-11-27)17-12-16-6-3-4-7-20(16)26-15-17/h3-4,6-7,12-15,23,25H,5,8-11H2,1-2H3. The van der Waals surface area contributed by atoms with E-state index >= 15 is 0 Å². The number of aromatic nitrogens is 1. The second-order valence-electron chi connectivity index (χ2n) is 7.23. The second-order valence-corrected chi connectivity index (χ2v) is 8.09. The van der Waals surface area contributed by atoms with Crippen molar-refractivity contribution >= 4 is 26.8 Å². The minimum Gasteiger partial charge on any atom is -0.493 e. The summed E-state index contributed by atoms with van der Waals surface area (Å²) < 4.78 is 12.1. The average Bonchev–Trinajstić information content (AvgIpc) is 3.04. The van der Waals surface area contributed by atoms with Crippen LogP contribution in [-0.2, 0) is 0 Å². The van der Waals surface area contributed by atoms with Crippen molar-refractivity contribution in [3.8, 4) is 11.5 Å². The molecule has 5 nitrogen and oxygen atoms in total. The van der Waals surface area contributed by atoms with Crippen LogP contribution in [0.5, 0.6) is 11.5 Å². The van der Waals surface area contributed by atoms with Gasteiger partial charge in [0.15, 0.2) is 11.5 Å². The Morgan fingerprint density at radius 1 is 1.03 bits per heavy atom. The maximum atomic E-state index is 5.61. The van der Waals surface area contributed by atoms with Crippen LogP contribution in [-0.4, -0.2) is 50.3 Å². The van der Waals surface area contributed by atoms with E-state index in [1.165, 1.54) is 5.56 Å². The van der Waals surface area contributed by atoms with Crippen LogP contribution in [0.4, 0.5) is 0 Å². The Bertz CT molecular complexity index is 987. The molecule has 1 aromatic heterocycles. The molecule has 1 saturated heterocycles. The first-order chi connectivity index (χ1) is 14.2. The van der Waals surface area contributed by atoms with Crippen molar-refractivity contribution in [1.82, 2.24) is 15.2 Å². The van der Waals surface area contributed by atoms with Gasteiger partial charge in [0.2, 0.25) is 0 Å². The van der Waals surface area contributed by atoms with Gasteiger partial charge in [0.05, 0.1) is 25.8 Å². The minimum atomic E-state index is 0.0705. The summed E-state index contributed by atoms with van der Waals surface area (Å²) in [4.78, 5) is 7.26. The van der Waals surface area contributed by atoms with E-state index in [-0.39, 0.29) is 6.04 Å². The maximum absolute atomic E-state index is 5.61. The molecule has 2 heterocycles. The molecule has 0 spiro atoms. The van der Waals surface area contributed by atoms with Gasteiger partial charge in [-0.15, -0.1) is 0 Å². The van der Waals surface area contributed by atoms with E-state index in [2.05, 4.69) is 56.5 Å². The lowest BCUT2D eigenvalue weighted by atomic mass is 9.96. The van der Waals surface area contributed by atoms with Gasteiger partial charge in [0, 0.05) is 35.7 Å². The first kappa shape index (κ1) is 20.1. The highest BCUT2D eigenvalue weighted by Crippen LogP contribution is 2.40. The summed E-state index contributed by atoms with van der Waals surface area (Å²) in [5.41, 5.74) is 3.35. The lowest BCUT2D eigenvalue weighted by Crippen LogP contribution is -2.33. The number of nitrogens with zero attached hydrogens (tertiary/aromatic N) is 2. The highest BCUT2D eigenvalue weighted by atomic mass is 79.9. The van der Waals surface area contributed by atoms with Crippen LogP contribution in [0.3, 0.4) is 0 Å². The zero-order valence-corrected chi connectivity index (χ0v) is 18.4. The monoisotopic (exact) mass is 455 g/mol. The summed E-state index contributed by atoms with van der Waals surface area (Å²) in [5.74, 6) is 1.45. The van der Waals surface area contributed by atoms with Gasteiger partial charge >= 0.3 is 0 Å². The topological polar surface area (TPSA) is 46.6 Å². The molecule has 4 rings (SSSR count).